The SMILES string of the molecule is CCC1=CC(=N\S(=O)(=O)c2ccccc2)/C(=N/S(=O)(=O)c2ccccc2)C=C1. The van der Waals surface area contributed by atoms with Gasteiger partial charge in [-0.2, -0.15) is 25.6 Å². The molecule has 0 heterocycles. The van der Waals surface area contributed by atoms with Crippen LogP contribution >= 0.6 is 0 Å². The Kier molecular flexibility index (Phi) is 5.71. The van der Waals surface area contributed by atoms with E-state index in [1.807, 2.05) is 6.92 Å². The van der Waals surface area contributed by atoms with E-state index in [4.69, 9.17) is 0 Å². The lowest BCUT2D eigenvalue weighted by Gasteiger charge is -2.10. The molecule has 0 fully saturated rings. The Balaban J connectivity index is 2.11. The summed E-state index contributed by atoms with van der Waals surface area (Å²) in [7, 11) is -8.02. The first-order chi connectivity index (χ1) is 13.3. The Morgan fingerprint density at radius 2 is 1.14 bits per heavy atom. The zero-order valence-electron chi connectivity index (χ0n) is 15.1. The standard InChI is InChI=1S/C20H18N2O4S2/c1-2-16-13-14-19(21-27(23,24)17-9-5-3-6-10-17)20(15-16)22-28(25,26)18-11-7-4-8-12-18/h3-15H,2H2,1H3/b21-19+,22-20+. The molecule has 1 aliphatic carbocycles. The Bertz CT molecular complexity index is 1190. The molecule has 2 aromatic carbocycles. The molecule has 28 heavy (non-hydrogen) atoms. The minimum atomic E-state index is -4.01. The Labute approximate surface area is 164 Å². The van der Waals surface area contributed by atoms with E-state index in [2.05, 4.69) is 8.80 Å². The summed E-state index contributed by atoms with van der Waals surface area (Å²) in [6.07, 6.45) is 5.35. The Morgan fingerprint density at radius 1 is 0.679 bits per heavy atom. The number of hydrogen-bond donors (Lipinski definition) is 0. The van der Waals surface area contributed by atoms with Gasteiger partial charge < -0.3 is 0 Å². The molecule has 0 spiro atoms. The molecule has 0 unspecified atom stereocenters. The quantitative estimate of drug-likeness (QED) is 0.699. The van der Waals surface area contributed by atoms with E-state index in [1.165, 1.54) is 30.3 Å². The monoisotopic (exact) mass is 414 g/mol. The predicted molar refractivity (Wildman–Crippen MR) is 110 cm³/mol. The highest BCUT2D eigenvalue weighted by Crippen LogP contribution is 2.18. The van der Waals surface area contributed by atoms with E-state index in [1.54, 1.807) is 48.6 Å². The zero-order valence-corrected chi connectivity index (χ0v) is 16.7. The topological polar surface area (TPSA) is 93.0 Å². The second-order valence-electron chi connectivity index (χ2n) is 5.94. The fraction of sp³-hybridized carbons (Fsp3) is 0.100. The maximum absolute atomic E-state index is 12.6. The molecule has 1 aliphatic rings. The van der Waals surface area contributed by atoms with Gasteiger partial charge in [-0.1, -0.05) is 49.4 Å². The van der Waals surface area contributed by atoms with Gasteiger partial charge in [-0.15, -0.1) is 0 Å². The molecule has 3 rings (SSSR count). The number of nitrogens with zero attached hydrogens (tertiary/aromatic N) is 2. The summed E-state index contributed by atoms with van der Waals surface area (Å²) in [6.45, 7) is 1.91. The average molecular weight is 415 g/mol. The van der Waals surface area contributed by atoms with Crippen molar-refractivity contribution in [3.63, 3.8) is 0 Å². The van der Waals surface area contributed by atoms with Crippen molar-refractivity contribution in [2.75, 3.05) is 0 Å². The molecule has 6 nitrogen and oxygen atoms in total. The second-order valence-corrected chi connectivity index (χ2v) is 9.14. The van der Waals surface area contributed by atoms with Crippen LogP contribution in [0.15, 0.2) is 103 Å². The lowest BCUT2D eigenvalue weighted by Crippen LogP contribution is -2.18. The predicted octanol–water partition coefficient (Wildman–Crippen LogP) is 3.55. The van der Waals surface area contributed by atoms with Crippen molar-refractivity contribution >= 4 is 31.5 Å². The number of benzene rings is 2. The Hall–Kier alpha value is -2.84. The minimum Gasteiger partial charge on any atom is -0.199 e. The summed E-state index contributed by atoms with van der Waals surface area (Å²) in [5.74, 6) is 0. The molecule has 0 saturated heterocycles. The third-order valence-electron chi connectivity index (χ3n) is 3.97. The van der Waals surface area contributed by atoms with Gasteiger partial charge in [0.15, 0.2) is 0 Å². The summed E-state index contributed by atoms with van der Waals surface area (Å²) in [5.41, 5.74) is 0.779. The van der Waals surface area contributed by atoms with Crippen LogP contribution in [0.4, 0.5) is 0 Å². The highest BCUT2D eigenvalue weighted by atomic mass is 32.2. The molecular formula is C20H18N2O4S2. The molecule has 0 bridgehead atoms. The first-order valence-electron chi connectivity index (χ1n) is 8.51. The summed E-state index contributed by atoms with van der Waals surface area (Å²) in [5, 5.41) is 0. The lowest BCUT2D eigenvalue weighted by molar-refractivity contribution is 0.596. The van der Waals surface area contributed by atoms with Crippen LogP contribution in [0, 0.1) is 0 Å². The number of sulfonamides is 2. The van der Waals surface area contributed by atoms with Gasteiger partial charge in [-0.05, 0) is 48.4 Å². The van der Waals surface area contributed by atoms with Crippen molar-refractivity contribution in [1.29, 1.82) is 0 Å². The van der Waals surface area contributed by atoms with Crippen molar-refractivity contribution in [2.24, 2.45) is 8.80 Å². The van der Waals surface area contributed by atoms with Gasteiger partial charge in [0.2, 0.25) is 0 Å². The smallest absolute Gasteiger partial charge is 0.199 e. The third kappa shape index (κ3) is 4.52. The van der Waals surface area contributed by atoms with E-state index in [0.717, 1.165) is 5.57 Å². The number of rotatable bonds is 5. The maximum atomic E-state index is 12.6. The highest BCUT2D eigenvalue weighted by Gasteiger charge is 2.20. The molecule has 0 N–H and O–H groups in total. The molecule has 0 amide bonds. The molecule has 0 atom stereocenters. The van der Waals surface area contributed by atoms with Crippen LogP contribution in [0.3, 0.4) is 0 Å². The third-order valence-corrected chi connectivity index (χ3v) is 6.58. The van der Waals surface area contributed by atoms with E-state index in [-0.39, 0.29) is 21.2 Å². The largest absolute Gasteiger partial charge is 0.282 e. The fourth-order valence-electron chi connectivity index (χ4n) is 2.49. The molecule has 0 aromatic heterocycles. The van der Waals surface area contributed by atoms with Crippen LogP contribution in [-0.2, 0) is 20.0 Å². The van der Waals surface area contributed by atoms with Crippen molar-refractivity contribution in [1.82, 2.24) is 0 Å². The van der Waals surface area contributed by atoms with Crippen LogP contribution in [0.5, 0.6) is 0 Å². The van der Waals surface area contributed by atoms with Crippen molar-refractivity contribution in [2.45, 2.75) is 23.1 Å². The van der Waals surface area contributed by atoms with Crippen LogP contribution in [0.1, 0.15) is 13.3 Å². The zero-order chi connectivity index (χ0) is 20.2. The molecule has 144 valence electrons. The van der Waals surface area contributed by atoms with Gasteiger partial charge >= 0.3 is 0 Å². The minimum absolute atomic E-state index is 0.0114. The normalized spacial score (nSPS) is 17.7. The number of allylic oxidation sites excluding steroid dienone is 4. The molecule has 0 saturated carbocycles. The summed E-state index contributed by atoms with van der Waals surface area (Å²) < 4.78 is 58.1. The van der Waals surface area contributed by atoms with Crippen molar-refractivity contribution in [3.8, 4) is 0 Å². The van der Waals surface area contributed by atoms with Crippen molar-refractivity contribution in [3.05, 3.63) is 84.5 Å². The van der Waals surface area contributed by atoms with Crippen LogP contribution in [0.25, 0.3) is 0 Å². The first kappa shape index (κ1) is 19.9. The molecule has 0 radical (unpaired) electrons. The van der Waals surface area contributed by atoms with Crippen LogP contribution in [0.2, 0.25) is 0 Å². The van der Waals surface area contributed by atoms with E-state index >= 15 is 0 Å². The number of hydrogen-bond acceptors (Lipinski definition) is 4. The molecular weight excluding hydrogens is 396 g/mol. The molecule has 0 aliphatic heterocycles. The molecule has 8 heteroatoms. The highest BCUT2D eigenvalue weighted by molar-refractivity contribution is 7.91. The van der Waals surface area contributed by atoms with Crippen LogP contribution < -0.4 is 0 Å². The van der Waals surface area contributed by atoms with Gasteiger partial charge in [0.25, 0.3) is 20.0 Å². The summed E-state index contributed by atoms with van der Waals surface area (Å²) in [4.78, 5) is 0.0419. The summed E-state index contributed by atoms with van der Waals surface area (Å²) in [6, 6.07) is 15.5. The van der Waals surface area contributed by atoms with Crippen LogP contribution in [-0.4, -0.2) is 28.3 Å². The van der Waals surface area contributed by atoms with Gasteiger partial charge in [0.05, 0.1) is 9.79 Å². The van der Waals surface area contributed by atoms with Gasteiger partial charge in [0, 0.05) is 0 Å². The van der Waals surface area contributed by atoms with Gasteiger partial charge in [-0.25, -0.2) is 0 Å². The molecule has 2 aromatic rings. The summed E-state index contributed by atoms with van der Waals surface area (Å²) >= 11 is 0. The van der Waals surface area contributed by atoms with E-state index < -0.39 is 20.0 Å². The van der Waals surface area contributed by atoms with Gasteiger partial charge in [-0.3, -0.25) is 0 Å². The first-order valence-corrected chi connectivity index (χ1v) is 11.4. The fourth-order valence-corrected chi connectivity index (χ4v) is 4.52. The van der Waals surface area contributed by atoms with Crippen molar-refractivity contribution < 1.29 is 16.8 Å². The maximum Gasteiger partial charge on any atom is 0.282 e. The van der Waals surface area contributed by atoms with E-state index in [9.17, 15) is 16.8 Å². The van der Waals surface area contributed by atoms with E-state index in [0.29, 0.717) is 6.42 Å². The average Bonchev–Trinajstić information content (AvgIpc) is 2.70. The Morgan fingerprint density at radius 3 is 1.61 bits per heavy atom. The lowest BCUT2D eigenvalue weighted by atomic mass is 10.0. The van der Waals surface area contributed by atoms with Gasteiger partial charge in [0.1, 0.15) is 11.4 Å². The second kappa shape index (κ2) is 8.04.